The predicted octanol–water partition coefficient (Wildman–Crippen LogP) is 2.73. The van der Waals surface area contributed by atoms with Gasteiger partial charge in [0, 0.05) is 24.0 Å². The van der Waals surface area contributed by atoms with Crippen LogP contribution in [-0.4, -0.2) is 17.6 Å². The summed E-state index contributed by atoms with van der Waals surface area (Å²) in [6, 6.07) is 4.47. The fourth-order valence-corrected chi connectivity index (χ4v) is 3.36. The van der Waals surface area contributed by atoms with E-state index in [4.69, 9.17) is 10.8 Å². The van der Waals surface area contributed by atoms with Crippen LogP contribution in [0.4, 0.5) is 15.8 Å². The second-order valence-electron chi connectivity index (χ2n) is 4.74. The minimum absolute atomic E-state index is 0.294. The van der Waals surface area contributed by atoms with Gasteiger partial charge in [0.25, 0.3) is 0 Å². The third-order valence-corrected chi connectivity index (χ3v) is 4.52. The number of nitrogens with zero attached hydrogens (tertiary/aromatic N) is 1. The zero-order valence-corrected chi connectivity index (χ0v) is 11.4. The van der Waals surface area contributed by atoms with Crippen molar-refractivity contribution in [1.82, 2.24) is 0 Å². The lowest BCUT2D eigenvalue weighted by Crippen LogP contribution is -2.30. The number of nitrogen functional groups attached to an aromatic ring is 1. The van der Waals surface area contributed by atoms with Crippen molar-refractivity contribution in [1.29, 1.82) is 0 Å². The highest BCUT2D eigenvalue weighted by Gasteiger charge is 2.21. The van der Waals surface area contributed by atoms with E-state index in [2.05, 4.69) is 6.07 Å². The summed E-state index contributed by atoms with van der Waals surface area (Å²) < 4.78 is 13.8. The molecule has 1 aromatic carbocycles. The molecule has 0 saturated carbocycles. The monoisotopic (exact) mass is 292 g/mol. The summed E-state index contributed by atoms with van der Waals surface area (Å²) in [6.45, 7) is 1.43. The molecule has 1 aliphatic rings. The Morgan fingerprint density at radius 1 is 1.45 bits per heavy atom. The molecular formula is C14H13FN2O2S. The van der Waals surface area contributed by atoms with Crippen LogP contribution in [0.15, 0.2) is 23.6 Å². The number of fused-ring (bicyclic) bond motifs is 1. The van der Waals surface area contributed by atoms with Crippen LogP contribution in [0, 0.1) is 5.82 Å². The van der Waals surface area contributed by atoms with E-state index in [-0.39, 0.29) is 5.56 Å². The normalized spacial score (nSPS) is 14.2. The third kappa shape index (κ3) is 2.12. The molecule has 0 spiro atoms. The number of hydrogen-bond acceptors (Lipinski definition) is 4. The van der Waals surface area contributed by atoms with E-state index in [0.717, 1.165) is 13.0 Å². The zero-order chi connectivity index (χ0) is 14.3. The Balaban J connectivity index is 1.96. The van der Waals surface area contributed by atoms with Gasteiger partial charge in [0.1, 0.15) is 5.82 Å². The van der Waals surface area contributed by atoms with E-state index in [0.29, 0.717) is 17.9 Å². The van der Waals surface area contributed by atoms with Crippen molar-refractivity contribution in [2.24, 2.45) is 0 Å². The first kappa shape index (κ1) is 12.9. The van der Waals surface area contributed by atoms with Gasteiger partial charge in [0.2, 0.25) is 0 Å². The van der Waals surface area contributed by atoms with Crippen LogP contribution >= 0.6 is 11.3 Å². The Labute approximate surface area is 119 Å². The molecule has 0 bridgehead atoms. The molecule has 0 amide bonds. The first-order chi connectivity index (χ1) is 9.56. The summed E-state index contributed by atoms with van der Waals surface area (Å²) in [5.41, 5.74) is 7.57. The molecule has 3 N–H and O–H groups in total. The molecule has 0 radical (unpaired) electrons. The molecule has 20 heavy (non-hydrogen) atoms. The van der Waals surface area contributed by atoms with Gasteiger partial charge in [-0.1, -0.05) is 0 Å². The number of halogens is 1. The Morgan fingerprint density at radius 2 is 2.25 bits per heavy atom. The maximum Gasteiger partial charge on any atom is 0.338 e. The van der Waals surface area contributed by atoms with Gasteiger partial charge < -0.3 is 15.7 Å². The fourth-order valence-electron chi connectivity index (χ4n) is 2.47. The average molecular weight is 292 g/mol. The lowest BCUT2D eigenvalue weighted by Gasteiger charge is -2.30. The second kappa shape index (κ2) is 4.79. The van der Waals surface area contributed by atoms with Gasteiger partial charge in [-0.05, 0) is 29.5 Å². The molecular weight excluding hydrogens is 279 g/mol. The standard InChI is InChI=1S/C14H13FN2O2S/c15-10-6-12(11(16)5-9(10)14(18)19)17-3-1-13-8(7-17)2-4-20-13/h2,4-6H,1,3,7,16H2,(H,18,19). The molecule has 4 nitrogen and oxygen atoms in total. The second-order valence-corrected chi connectivity index (χ2v) is 5.74. The highest BCUT2D eigenvalue weighted by Crippen LogP contribution is 2.32. The number of carboxylic acids is 1. The average Bonchev–Trinajstić information content (AvgIpc) is 2.87. The summed E-state index contributed by atoms with van der Waals surface area (Å²) in [6.07, 6.45) is 0.898. The van der Waals surface area contributed by atoms with Crippen LogP contribution in [0.25, 0.3) is 0 Å². The smallest absolute Gasteiger partial charge is 0.338 e. The van der Waals surface area contributed by atoms with Crippen molar-refractivity contribution in [3.63, 3.8) is 0 Å². The van der Waals surface area contributed by atoms with E-state index < -0.39 is 11.8 Å². The lowest BCUT2D eigenvalue weighted by atomic mass is 10.1. The number of rotatable bonds is 2. The molecule has 2 aromatic rings. The topological polar surface area (TPSA) is 66.6 Å². The summed E-state index contributed by atoms with van der Waals surface area (Å²) in [5.74, 6) is -2.06. The zero-order valence-electron chi connectivity index (χ0n) is 10.6. The number of benzene rings is 1. The minimum atomic E-state index is -1.31. The molecule has 0 atom stereocenters. The SMILES string of the molecule is Nc1cc(C(=O)O)c(F)cc1N1CCc2sccc2C1. The molecule has 1 aromatic heterocycles. The Kier molecular flexibility index (Phi) is 3.10. The molecule has 104 valence electrons. The van der Waals surface area contributed by atoms with Crippen molar-refractivity contribution < 1.29 is 14.3 Å². The van der Waals surface area contributed by atoms with Crippen molar-refractivity contribution >= 4 is 28.7 Å². The van der Waals surface area contributed by atoms with Crippen LogP contribution < -0.4 is 10.6 Å². The highest BCUT2D eigenvalue weighted by molar-refractivity contribution is 7.10. The minimum Gasteiger partial charge on any atom is -0.478 e. The largest absolute Gasteiger partial charge is 0.478 e. The molecule has 0 aliphatic carbocycles. The maximum absolute atomic E-state index is 13.8. The summed E-state index contributed by atoms with van der Waals surface area (Å²) in [5, 5.41) is 10.9. The van der Waals surface area contributed by atoms with Gasteiger partial charge in [-0.15, -0.1) is 11.3 Å². The molecule has 0 fully saturated rings. The fraction of sp³-hybridized carbons (Fsp3) is 0.214. The number of thiophene rings is 1. The van der Waals surface area contributed by atoms with Crippen molar-refractivity contribution in [2.75, 3.05) is 17.2 Å². The van der Waals surface area contributed by atoms with Gasteiger partial charge in [-0.2, -0.15) is 0 Å². The number of carboxylic acid groups (broad SMARTS) is 1. The summed E-state index contributed by atoms with van der Waals surface area (Å²) >= 11 is 1.73. The molecule has 3 rings (SSSR count). The first-order valence-electron chi connectivity index (χ1n) is 6.19. The van der Waals surface area contributed by atoms with E-state index in [1.807, 2.05) is 10.3 Å². The number of hydrogen-bond donors (Lipinski definition) is 2. The number of anilines is 2. The Bertz CT molecular complexity index is 684. The molecule has 2 heterocycles. The van der Waals surface area contributed by atoms with Crippen LogP contribution in [0.1, 0.15) is 20.8 Å². The predicted molar refractivity (Wildman–Crippen MR) is 76.8 cm³/mol. The number of nitrogens with two attached hydrogens (primary N) is 1. The van der Waals surface area contributed by atoms with Gasteiger partial charge in [0.05, 0.1) is 16.9 Å². The summed E-state index contributed by atoms with van der Waals surface area (Å²) in [7, 11) is 0. The van der Waals surface area contributed by atoms with Crippen molar-refractivity contribution in [3.8, 4) is 0 Å². The van der Waals surface area contributed by atoms with Crippen molar-refractivity contribution in [3.05, 3.63) is 45.4 Å². The first-order valence-corrected chi connectivity index (χ1v) is 7.06. The van der Waals surface area contributed by atoms with Gasteiger partial charge >= 0.3 is 5.97 Å². The van der Waals surface area contributed by atoms with Crippen molar-refractivity contribution in [2.45, 2.75) is 13.0 Å². The Hall–Kier alpha value is -2.08. The highest BCUT2D eigenvalue weighted by atomic mass is 32.1. The Morgan fingerprint density at radius 3 is 3.00 bits per heavy atom. The molecule has 6 heteroatoms. The van der Waals surface area contributed by atoms with Gasteiger partial charge in [-0.3, -0.25) is 0 Å². The number of aromatic carboxylic acids is 1. The van der Waals surface area contributed by atoms with E-state index >= 15 is 0 Å². The van der Waals surface area contributed by atoms with Gasteiger partial charge in [0.15, 0.2) is 0 Å². The van der Waals surface area contributed by atoms with Crippen LogP contribution in [-0.2, 0) is 13.0 Å². The summed E-state index contributed by atoms with van der Waals surface area (Å²) in [4.78, 5) is 14.2. The quantitative estimate of drug-likeness (QED) is 0.835. The van der Waals surface area contributed by atoms with Crippen LogP contribution in [0.3, 0.4) is 0 Å². The van der Waals surface area contributed by atoms with Gasteiger partial charge in [-0.25, -0.2) is 9.18 Å². The van der Waals surface area contributed by atoms with Crippen LogP contribution in [0.5, 0.6) is 0 Å². The molecule has 0 unspecified atom stereocenters. The van der Waals surface area contributed by atoms with E-state index in [9.17, 15) is 9.18 Å². The molecule has 1 aliphatic heterocycles. The maximum atomic E-state index is 13.8. The third-order valence-electron chi connectivity index (χ3n) is 3.50. The lowest BCUT2D eigenvalue weighted by molar-refractivity contribution is 0.0692. The number of carbonyl (C=O) groups is 1. The van der Waals surface area contributed by atoms with E-state index in [1.54, 1.807) is 11.3 Å². The van der Waals surface area contributed by atoms with Crippen LogP contribution in [0.2, 0.25) is 0 Å². The molecule has 0 saturated heterocycles. The van der Waals surface area contributed by atoms with E-state index in [1.165, 1.54) is 22.6 Å².